The molecule has 27 heavy (non-hydrogen) atoms. The van der Waals surface area contributed by atoms with E-state index in [2.05, 4.69) is 37.0 Å². The first-order chi connectivity index (χ1) is 13.0. The van der Waals surface area contributed by atoms with Crippen molar-refractivity contribution in [2.45, 2.75) is 45.2 Å². The quantitative estimate of drug-likeness (QED) is 0.658. The zero-order valence-electron chi connectivity index (χ0n) is 16.4. The molecular weight excluding hydrogens is 338 g/mol. The van der Waals surface area contributed by atoms with Crippen molar-refractivity contribution in [2.24, 2.45) is 0 Å². The third-order valence-corrected chi connectivity index (χ3v) is 4.70. The highest BCUT2D eigenvalue weighted by Crippen LogP contribution is 2.44. The van der Waals surface area contributed by atoms with E-state index in [1.54, 1.807) is 6.08 Å². The van der Waals surface area contributed by atoms with E-state index in [9.17, 15) is 0 Å². The highest BCUT2D eigenvalue weighted by molar-refractivity contribution is 5.53. The summed E-state index contributed by atoms with van der Waals surface area (Å²) in [5.41, 5.74) is 2.68. The van der Waals surface area contributed by atoms with Crippen LogP contribution in [0.2, 0.25) is 0 Å². The molecule has 0 aromatic heterocycles. The lowest BCUT2D eigenvalue weighted by Crippen LogP contribution is -2.51. The van der Waals surface area contributed by atoms with Gasteiger partial charge in [-0.15, -0.1) is 6.58 Å². The van der Waals surface area contributed by atoms with Gasteiger partial charge in [-0.05, 0) is 44.5 Å². The molecule has 2 aromatic rings. The summed E-state index contributed by atoms with van der Waals surface area (Å²) in [4.78, 5) is 0. The van der Waals surface area contributed by atoms with Gasteiger partial charge in [0.25, 0.3) is 0 Å². The van der Waals surface area contributed by atoms with E-state index in [0.717, 1.165) is 29.1 Å². The van der Waals surface area contributed by atoms with Crippen molar-refractivity contribution in [1.29, 1.82) is 0 Å². The van der Waals surface area contributed by atoms with Crippen LogP contribution in [0.4, 0.5) is 5.69 Å². The fourth-order valence-electron chi connectivity index (χ4n) is 3.44. The Morgan fingerprint density at radius 2 is 1.93 bits per heavy atom. The van der Waals surface area contributed by atoms with E-state index in [1.807, 2.05) is 44.2 Å². The Balaban J connectivity index is 1.94. The minimum absolute atomic E-state index is 0.234. The third-order valence-electron chi connectivity index (χ3n) is 4.70. The Bertz CT molecular complexity index is 757. The molecule has 0 radical (unpaired) electrons. The summed E-state index contributed by atoms with van der Waals surface area (Å²) in [6.45, 7) is 11.8. The Kier molecular flexibility index (Phi) is 6.19. The lowest BCUT2D eigenvalue weighted by atomic mass is 9.87. The maximum atomic E-state index is 6.41. The highest BCUT2D eigenvalue weighted by atomic mass is 16.6. The Morgan fingerprint density at radius 1 is 1.15 bits per heavy atom. The van der Waals surface area contributed by atoms with Crippen LogP contribution in [0.25, 0.3) is 0 Å². The van der Waals surface area contributed by atoms with Crippen molar-refractivity contribution in [3.63, 3.8) is 0 Å². The second-order valence-corrected chi connectivity index (χ2v) is 7.25. The molecule has 4 heteroatoms. The van der Waals surface area contributed by atoms with Crippen LogP contribution in [0, 0.1) is 0 Å². The predicted molar refractivity (Wildman–Crippen MR) is 109 cm³/mol. The van der Waals surface area contributed by atoms with Crippen LogP contribution in [0.3, 0.4) is 0 Å². The molecule has 0 saturated carbocycles. The average molecular weight is 367 g/mol. The summed E-state index contributed by atoms with van der Waals surface area (Å²) < 4.78 is 18.8. The number of rotatable bonds is 8. The summed E-state index contributed by atoms with van der Waals surface area (Å²) in [6.07, 6.45) is 1.28. The van der Waals surface area contributed by atoms with E-state index >= 15 is 0 Å². The summed E-state index contributed by atoms with van der Waals surface area (Å²) in [6, 6.07) is 16.4. The molecule has 1 aliphatic heterocycles. The van der Waals surface area contributed by atoms with Crippen LogP contribution in [-0.2, 0) is 16.1 Å². The van der Waals surface area contributed by atoms with Gasteiger partial charge in [0.2, 0.25) is 0 Å². The fourth-order valence-corrected chi connectivity index (χ4v) is 3.44. The zero-order chi connectivity index (χ0) is 19.3. The van der Waals surface area contributed by atoms with Crippen molar-refractivity contribution in [3.8, 4) is 5.75 Å². The normalized spacial score (nSPS) is 20.4. The summed E-state index contributed by atoms with van der Waals surface area (Å²) in [7, 11) is 0. The molecule has 1 N–H and O–H groups in total. The van der Waals surface area contributed by atoms with Crippen LogP contribution in [0.5, 0.6) is 5.75 Å². The van der Waals surface area contributed by atoms with Gasteiger partial charge in [-0.3, -0.25) is 0 Å². The first-order valence-electron chi connectivity index (χ1n) is 9.50. The second kappa shape index (κ2) is 8.59. The molecule has 2 atom stereocenters. The van der Waals surface area contributed by atoms with Crippen LogP contribution in [0.1, 0.15) is 38.0 Å². The van der Waals surface area contributed by atoms with Gasteiger partial charge < -0.3 is 19.5 Å². The number of hydrogen-bond acceptors (Lipinski definition) is 4. The van der Waals surface area contributed by atoms with Crippen molar-refractivity contribution in [3.05, 3.63) is 72.3 Å². The number of hydrogen-bond donors (Lipinski definition) is 1. The van der Waals surface area contributed by atoms with Crippen molar-refractivity contribution < 1.29 is 14.2 Å². The third kappa shape index (κ3) is 4.52. The molecule has 0 amide bonds. The number of fused-ring (bicyclic) bond motifs is 1. The number of nitrogens with one attached hydrogen (secondary N) is 1. The van der Waals surface area contributed by atoms with Gasteiger partial charge in [0.05, 0.1) is 13.2 Å². The van der Waals surface area contributed by atoms with Crippen LogP contribution < -0.4 is 10.1 Å². The molecule has 0 fully saturated rings. The highest BCUT2D eigenvalue weighted by Gasteiger charge is 2.45. The molecule has 0 aliphatic carbocycles. The first kappa shape index (κ1) is 19.5. The van der Waals surface area contributed by atoms with Gasteiger partial charge in [-0.1, -0.05) is 36.4 Å². The molecule has 4 nitrogen and oxygen atoms in total. The van der Waals surface area contributed by atoms with Crippen molar-refractivity contribution in [2.75, 3.05) is 18.5 Å². The Morgan fingerprint density at radius 3 is 2.63 bits per heavy atom. The number of anilines is 1. The van der Waals surface area contributed by atoms with Crippen molar-refractivity contribution in [1.82, 2.24) is 0 Å². The average Bonchev–Trinajstić information content (AvgIpc) is 2.66. The molecule has 144 valence electrons. The minimum Gasteiger partial charge on any atom is -0.485 e. The summed E-state index contributed by atoms with van der Waals surface area (Å²) >= 11 is 0. The summed E-state index contributed by atoms with van der Waals surface area (Å²) in [5, 5.41) is 3.36. The maximum absolute atomic E-state index is 6.41. The standard InChI is InChI=1S/C23H29NO3/c1-5-14-25-22-21(26-16-17-10-8-7-9-11-17)19-15-18(24-6-2)12-13-20(19)27-23(22,3)4/h5,7-13,15,21-22,24H,1,6,14,16H2,2-4H3. The largest absolute Gasteiger partial charge is 0.485 e. The second-order valence-electron chi connectivity index (χ2n) is 7.25. The molecule has 3 rings (SSSR count). The minimum atomic E-state index is -0.517. The number of benzene rings is 2. The van der Waals surface area contributed by atoms with E-state index in [-0.39, 0.29) is 12.2 Å². The SMILES string of the molecule is C=CCOC1C(OCc2ccccc2)c2cc(NCC)ccc2OC1(C)C. The van der Waals surface area contributed by atoms with Gasteiger partial charge in [0.15, 0.2) is 0 Å². The lowest BCUT2D eigenvalue weighted by molar-refractivity contribution is -0.161. The summed E-state index contributed by atoms with van der Waals surface area (Å²) in [5.74, 6) is 0.846. The molecule has 0 bridgehead atoms. The van der Waals surface area contributed by atoms with Crippen LogP contribution in [0.15, 0.2) is 61.2 Å². The molecule has 2 aromatic carbocycles. The maximum Gasteiger partial charge on any atom is 0.132 e. The smallest absolute Gasteiger partial charge is 0.132 e. The van der Waals surface area contributed by atoms with E-state index in [4.69, 9.17) is 14.2 Å². The first-order valence-corrected chi connectivity index (χ1v) is 9.50. The number of ether oxygens (including phenoxy) is 3. The molecule has 0 spiro atoms. The zero-order valence-corrected chi connectivity index (χ0v) is 16.4. The molecule has 2 unspecified atom stereocenters. The Hall–Kier alpha value is -2.30. The predicted octanol–water partition coefficient (Wildman–Crippen LogP) is 5.12. The van der Waals surface area contributed by atoms with Gasteiger partial charge in [0.1, 0.15) is 23.6 Å². The van der Waals surface area contributed by atoms with Gasteiger partial charge in [-0.25, -0.2) is 0 Å². The Labute approximate surface area is 162 Å². The lowest BCUT2D eigenvalue weighted by Gasteiger charge is -2.44. The van der Waals surface area contributed by atoms with Crippen LogP contribution in [-0.4, -0.2) is 24.9 Å². The molecular formula is C23H29NO3. The van der Waals surface area contributed by atoms with Gasteiger partial charge in [-0.2, -0.15) is 0 Å². The molecule has 1 aliphatic rings. The monoisotopic (exact) mass is 367 g/mol. The van der Waals surface area contributed by atoms with E-state index < -0.39 is 5.60 Å². The molecule has 1 heterocycles. The van der Waals surface area contributed by atoms with Gasteiger partial charge >= 0.3 is 0 Å². The van der Waals surface area contributed by atoms with E-state index in [1.165, 1.54) is 0 Å². The topological polar surface area (TPSA) is 39.7 Å². The van der Waals surface area contributed by atoms with E-state index in [0.29, 0.717) is 13.2 Å². The van der Waals surface area contributed by atoms with Crippen molar-refractivity contribution >= 4 is 5.69 Å². The fraction of sp³-hybridized carbons (Fsp3) is 0.391. The van der Waals surface area contributed by atoms with Gasteiger partial charge in [0, 0.05) is 17.8 Å². The molecule has 0 saturated heterocycles. The van der Waals surface area contributed by atoms with Crippen LogP contribution >= 0.6 is 0 Å².